The molecule has 0 fully saturated rings. The topological polar surface area (TPSA) is 93.4 Å². The third kappa shape index (κ3) is 5.22. The van der Waals surface area contributed by atoms with Crippen LogP contribution in [-0.4, -0.2) is 40.1 Å². The van der Waals surface area contributed by atoms with Gasteiger partial charge in [-0.2, -0.15) is 8.78 Å². The van der Waals surface area contributed by atoms with Gasteiger partial charge in [-0.25, -0.2) is 14.8 Å². The van der Waals surface area contributed by atoms with Crippen LogP contribution >= 0.6 is 11.3 Å². The van der Waals surface area contributed by atoms with Gasteiger partial charge >= 0.3 is 12.5 Å². The van der Waals surface area contributed by atoms with Gasteiger partial charge in [0.25, 0.3) is 0 Å². The number of ether oxygens (including phenoxy) is 1. The number of guanidine groups is 1. The fraction of sp³-hybridized carbons (Fsp3) is 0.500. The van der Waals surface area contributed by atoms with E-state index in [0.29, 0.717) is 28.1 Å². The van der Waals surface area contributed by atoms with E-state index in [-0.39, 0.29) is 18.4 Å². The molecule has 11 heteroatoms. The van der Waals surface area contributed by atoms with E-state index in [0.717, 1.165) is 4.57 Å². The molecule has 0 aromatic carbocycles. The van der Waals surface area contributed by atoms with E-state index < -0.39 is 12.5 Å². The first kappa shape index (κ1) is 20.7. The summed E-state index contributed by atoms with van der Waals surface area (Å²) in [7, 11) is 1.57. The summed E-state index contributed by atoms with van der Waals surface area (Å²) in [5, 5.41) is 6.74. The van der Waals surface area contributed by atoms with Crippen molar-refractivity contribution in [2.45, 2.75) is 39.9 Å². The lowest BCUT2D eigenvalue weighted by Gasteiger charge is -2.16. The summed E-state index contributed by atoms with van der Waals surface area (Å²) in [5.41, 5.74) is 0.601. The second kappa shape index (κ2) is 9.40. The summed E-state index contributed by atoms with van der Waals surface area (Å²) in [6, 6.07) is -0.252. The standard InChI is InChI=1S/C16H22F2N6O2S/c1-5-26-14(25)12-9(2)22-13(27-12)10(3)23-16(19-4)21-8-11-20-6-7-24(11)15(17)18/h6-7,10,15H,5,8H2,1-4H3,(H2,19,21,23). The lowest BCUT2D eigenvalue weighted by Crippen LogP contribution is -2.38. The van der Waals surface area contributed by atoms with Crippen molar-refractivity contribution in [3.63, 3.8) is 0 Å². The van der Waals surface area contributed by atoms with Gasteiger partial charge in [-0.15, -0.1) is 11.3 Å². The summed E-state index contributed by atoms with van der Waals surface area (Å²) < 4.78 is 31.5. The van der Waals surface area contributed by atoms with E-state index in [9.17, 15) is 13.6 Å². The molecule has 0 aliphatic heterocycles. The zero-order valence-electron chi connectivity index (χ0n) is 15.5. The molecule has 2 heterocycles. The number of esters is 1. The second-order valence-electron chi connectivity index (χ2n) is 5.51. The lowest BCUT2D eigenvalue weighted by molar-refractivity contribution is 0.0530. The summed E-state index contributed by atoms with van der Waals surface area (Å²) in [6.07, 6.45) is 2.53. The number of aliphatic imine (C=N–C) groups is 1. The molecule has 0 aliphatic rings. The molecule has 2 N–H and O–H groups in total. The third-order valence-corrected chi connectivity index (χ3v) is 4.91. The van der Waals surface area contributed by atoms with Gasteiger partial charge in [0.1, 0.15) is 15.7 Å². The zero-order valence-corrected chi connectivity index (χ0v) is 16.3. The van der Waals surface area contributed by atoms with Gasteiger partial charge < -0.3 is 15.4 Å². The molecule has 0 bridgehead atoms. The number of nitrogens with zero attached hydrogens (tertiary/aromatic N) is 4. The number of nitrogens with one attached hydrogen (secondary N) is 2. The number of aromatic nitrogens is 3. The SMILES string of the molecule is CCOC(=O)c1sc(C(C)NC(=NC)NCc2nccn2C(F)F)nc1C. The van der Waals surface area contributed by atoms with Crippen LogP contribution in [0.3, 0.4) is 0 Å². The predicted octanol–water partition coefficient (Wildman–Crippen LogP) is 2.65. The minimum atomic E-state index is -2.65. The van der Waals surface area contributed by atoms with Crippen LogP contribution in [0.25, 0.3) is 0 Å². The Labute approximate surface area is 159 Å². The summed E-state index contributed by atoms with van der Waals surface area (Å²) in [4.78, 5) is 24.8. The highest BCUT2D eigenvalue weighted by Gasteiger charge is 2.20. The lowest BCUT2D eigenvalue weighted by atomic mass is 10.3. The molecule has 2 aromatic rings. The number of carbonyl (C=O) groups excluding carboxylic acids is 1. The van der Waals surface area contributed by atoms with Crippen molar-refractivity contribution in [2.75, 3.05) is 13.7 Å². The normalized spacial score (nSPS) is 12.9. The maximum Gasteiger partial charge on any atom is 0.350 e. The average Bonchev–Trinajstić information content (AvgIpc) is 3.25. The van der Waals surface area contributed by atoms with Crippen LogP contribution in [0.15, 0.2) is 17.4 Å². The van der Waals surface area contributed by atoms with E-state index in [4.69, 9.17) is 4.74 Å². The minimum absolute atomic E-state index is 0.0781. The zero-order chi connectivity index (χ0) is 20.0. The van der Waals surface area contributed by atoms with Gasteiger partial charge in [-0.05, 0) is 20.8 Å². The van der Waals surface area contributed by atoms with Crippen molar-refractivity contribution < 1.29 is 18.3 Å². The fourth-order valence-electron chi connectivity index (χ4n) is 2.27. The van der Waals surface area contributed by atoms with Crippen LogP contribution < -0.4 is 10.6 Å². The molecule has 0 amide bonds. The first-order chi connectivity index (χ1) is 12.9. The average molecular weight is 400 g/mol. The highest BCUT2D eigenvalue weighted by atomic mass is 32.1. The Morgan fingerprint density at radius 2 is 2.22 bits per heavy atom. The van der Waals surface area contributed by atoms with Crippen LogP contribution in [-0.2, 0) is 11.3 Å². The Hall–Kier alpha value is -2.56. The van der Waals surface area contributed by atoms with Gasteiger partial charge in [0.05, 0.1) is 24.9 Å². The Bertz CT molecular complexity index is 805. The summed E-state index contributed by atoms with van der Waals surface area (Å²) in [6.45, 7) is 3.07. The Kier molecular flexibility index (Phi) is 7.22. The van der Waals surface area contributed by atoms with E-state index in [1.54, 1.807) is 20.9 Å². The Morgan fingerprint density at radius 1 is 1.48 bits per heavy atom. The summed E-state index contributed by atoms with van der Waals surface area (Å²) >= 11 is 1.24. The molecule has 148 valence electrons. The number of halogens is 2. The maximum absolute atomic E-state index is 12.9. The molecule has 0 saturated carbocycles. The Balaban J connectivity index is 2.01. The smallest absolute Gasteiger partial charge is 0.350 e. The molecule has 27 heavy (non-hydrogen) atoms. The number of rotatable bonds is 7. The molecule has 0 saturated heterocycles. The molecule has 0 spiro atoms. The van der Waals surface area contributed by atoms with E-state index in [1.807, 2.05) is 6.92 Å². The largest absolute Gasteiger partial charge is 0.462 e. The summed E-state index contributed by atoms with van der Waals surface area (Å²) in [5.74, 6) is 0.194. The molecule has 2 rings (SSSR count). The van der Waals surface area contributed by atoms with Crippen molar-refractivity contribution in [2.24, 2.45) is 4.99 Å². The van der Waals surface area contributed by atoms with E-state index in [1.165, 1.54) is 23.7 Å². The van der Waals surface area contributed by atoms with E-state index >= 15 is 0 Å². The maximum atomic E-state index is 12.9. The van der Waals surface area contributed by atoms with Crippen molar-refractivity contribution in [1.82, 2.24) is 25.2 Å². The highest BCUT2D eigenvalue weighted by molar-refractivity contribution is 7.13. The van der Waals surface area contributed by atoms with Crippen molar-refractivity contribution in [1.29, 1.82) is 0 Å². The monoisotopic (exact) mass is 400 g/mol. The quantitative estimate of drug-likeness (QED) is 0.422. The minimum Gasteiger partial charge on any atom is -0.462 e. The second-order valence-corrected chi connectivity index (χ2v) is 6.54. The van der Waals surface area contributed by atoms with Gasteiger partial charge in [-0.3, -0.25) is 9.56 Å². The number of carbonyl (C=O) groups is 1. The third-order valence-electron chi connectivity index (χ3n) is 3.59. The van der Waals surface area contributed by atoms with Crippen LogP contribution in [0, 0.1) is 6.92 Å². The number of thiazole rings is 1. The molecular formula is C16H22F2N6O2S. The molecule has 1 atom stereocenters. The molecule has 1 unspecified atom stereocenters. The van der Waals surface area contributed by atoms with Crippen molar-refractivity contribution in [3.05, 3.63) is 33.8 Å². The van der Waals surface area contributed by atoms with Crippen LogP contribution in [0.4, 0.5) is 8.78 Å². The van der Waals surface area contributed by atoms with Crippen molar-refractivity contribution in [3.8, 4) is 0 Å². The number of imidazole rings is 1. The number of aryl methyl sites for hydroxylation is 1. The highest BCUT2D eigenvalue weighted by Crippen LogP contribution is 2.24. The van der Waals surface area contributed by atoms with Gasteiger partial charge in [0, 0.05) is 19.4 Å². The molecular weight excluding hydrogens is 378 g/mol. The van der Waals surface area contributed by atoms with Gasteiger partial charge in [0.15, 0.2) is 5.96 Å². The van der Waals surface area contributed by atoms with Gasteiger partial charge in [-0.1, -0.05) is 0 Å². The van der Waals surface area contributed by atoms with Crippen LogP contribution in [0.2, 0.25) is 0 Å². The molecule has 0 radical (unpaired) electrons. The molecule has 8 nitrogen and oxygen atoms in total. The fourth-order valence-corrected chi connectivity index (χ4v) is 3.23. The molecule has 0 aliphatic carbocycles. The van der Waals surface area contributed by atoms with Crippen LogP contribution in [0.1, 0.15) is 52.6 Å². The number of hydrogen-bond donors (Lipinski definition) is 2. The first-order valence-corrected chi connectivity index (χ1v) is 9.10. The van der Waals surface area contributed by atoms with Crippen LogP contribution in [0.5, 0.6) is 0 Å². The predicted molar refractivity (Wildman–Crippen MR) is 98.0 cm³/mol. The number of hydrogen-bond acceptors (Lipinski definition) is 6. The van der Waals surface area contributed by atoms with Crippen molar-refractivity contribution >= 4 is 23.3 Å². The number of alkyl halides is 2. The Morgan fingerprint density at radius 3 is 2.85 bits per heavy atom. The first-order valence-electron chi connectivity index (χ1n) is 8.28. The van der Waals surface area contributed by atoms with Gasteiger partial charge in [0.2, 0.25) is 0 Å². The molecule has 2 aromatic heterocycles. The van der Waals surface area contributed by atoms with E-state index in [2.05, 4.69) is 25.6 Å².